The van der Waals surface area contributed by atoms with Gasteiger partial charge in [-0.1, -0.05) is 6.92 Å². The smallest absolute Gasteiger partial charge is 0.391 e. The molecular weight excluding hydrogens is 494 g/mol. The summed E-state index contributed by atoms with van der Waals surface area (Å²) in [5.41, 5.74) is 0.965. The van der Waals surface area contributed by atoms with Crippen molar-refractivity contribution in [2.75, 3.05) is 13.7 Å². The summed E-state index contributed by atoms with van der Waals surface area (Å²) in [7, 11) is 1.46. The van der Waals surface area contributed by atoms with E-state index >= 15 is 0 Å². The lowest BCUT2D eigenvalue weighted by molar-refractivity contribution is -0.182. The van der Waals surface area contributed by atoms with Crippen molar-refractivity contribution >= 4 is 12.3 Å². The van der Waals surface area contributed by atoms with E-state index in [2.05, 4.69) is 34.3 Å². The highest BCUT2D eigenvalue weighted by atomic mass is 19.4. The predicted molar refractivity (Wildman–Crippen MR) is 128 cm³/mol. The first-order valence-electron chi connectivity index (χ1n) is 12.4. The fourth-order valence-corrected chi connectivity index (χ4v) is 4.71. The Kier molecular flexibility index (Phi) is 9.50. The lowest BCUT2D eigenvalue weighted by Crippen LogP contribution is -2.45. The van der Waals surface area contributed by atoms with E-state index in [0.717, 1.165) is 25.6 Å². The Hall–Kier alpha value is -3.18. The molecule has 4 rings (SSSR count). The van der Waals surface area contributed by atoms with Gasteiger partial charge in [-0.05, 0) is 57.4 Å². The monoisotopic (exact) mass is 527 g/mol. The standard InChI is InChI=1S/C17H21FN4O2.C8H12F3NO/c1-10-4-5-11(2)22(9-10)17(23)15-7-14(20-21-15)12-6-16(24-3)19-8-13(12)18;9-8(10,11)6-1-3-7(4-2-6)12-5-13/h6-8,10-11H,4-5,9H2,1-3H3,(H,20,21);5-7H,1-4H2,(H,12,13). The van der Waals surface area contributed by atoms with Crippen LogP contribution in [-0.2, 0) is 4.79 Å². The number of methoxy groups -OCH3 is 1. The molecule has 0 spiro atoms. The minimum Gasteiger partial charge on any atom is -0.481 e. The van der Waals surface area contributed by atoms with Crippen LogP contribution < -0.4 is 10.1 Å². The second-order valence-corrected chi connectivity index (χ2v) is 9.74. The number of carbonyl (C=O) groups excluding carboxylic acids is 2. The number of hydrogen-bond donors (Lipinski definition) is 2. The van der Waals surface area contributed by atoms with Gasteiger partial charge in [0.25, 0.3) is 5.91 Å². The van der Waals surface area contributed by atoms with E-state index < -0.39 is 17.9 Å². The van der Waals surface area contributed by atoms with Gasteiger partial charge in [0.05, 0.1) is 24.9 Å². The van der Waals surface area contributed by atoms with Crippen LogP contribution in [0.2, 0.25) is 0 Å². The third-order valence-corrected chi connectivity index (χ3v) is 7.00. The molecule has 2 aromatic rings. The molecule has 1 aliphatic carbocycles. The average Bonchev–Trinajstić information content (AvgIpc) is 3.36. The van der Waals surface area contributed by atoms with E-state index in [0.29, 0.717) is 42.4 Å². The first-order valence-corrected chi connectivity index (χ1v) is 12.4. The fraction of sp³-hybridized carbons (Fsp3) is 0.600. The summed E-state index contributed by atoms with van der Waals surface area (Å²) < 4.78 is 55.5. The molecule has 2 aromatic heterocycles. The van der Waals surface area contributed by atoms with Crippen molar-refractivity contribution in [1.82, 2.24) is 25.4 Å². The number of H-pyrrole nitrogens is 1. The quantitative estimate of drug-likeness (QED) is 0.433. The molecule has 37 heavy (non-hydrogen) atoms. The molecule has 3 heterocycles. The summed E-state index contributed by atoms with van der Waals surface area (Å²) in [6.45, 7) is 4.92. The Morgan fingerprint density at radius 1 is 1.16 bits per heavy atom. The van der Waals surface area contributed by atoms with Gasteiger partial charge in [0.2, 0.25) is 12.3 Å². The first kappa shape index (κ1) is 28.4. The topological polar surface area (TPSA) is 100 Å². The minimum absolute atomic E-state index is 0.0592. The van der Waals surface area contributed by atoms with Crippen molar-refractivity contribution < 1.29 is 31.9 Å². The Bertz CT molecular complexity index is 1050. The van der Waals surface area contributed by atoms with Crippen LogP contribution in [0.1, 0.15) is 62.9 Å². The van der Waals surface area contributed by atoms with E-state index in [9.17, 15) is 27.2 Å². The van der Waals surface area contributed by atoms with Gasteiger partial charge in [0.1, 0.15) is 5.69 Å². The molecule has 2 N–H and O–H groups in total. The number of aromatic amines is 1. The van der Waals surface area contributed by atoms with Crippen molar-refractivity contribution in [3.63, 3.8) is 0 Å². The van der Waals surface area contributed by atoms with Crippen LogP contribution in [0.15, 0.2) is 18.3 Å². The van der Waals surface area contributed by atoms with Crippen LogP contribution in [0, 0.1) is 17.7 Å². The fourth-order valence-electron chi connectivity index (χ4n) is 4.71. The summed E-state index contributed by atoms with van der Waals surface area (Å²) in [6, 6.07) is 3.17. The number of likely N-dealkylation sites (tertiary alicyclic amines) is 1. The third-order valence-electron chi connectivity index (χ3n) is 7.00. The SMILES string of the molecule is COc1cc(-c2cc(C(=O)N3CC(C)CCC3C)[nH]n2)c(F)cn1.O=CNC1CCC(C(F)(F)F)CC1. The molecule has 2 aliphatic rings. The van der Waals surface area contributed by atoms with Gasteiger partial charge in [-0.2, -0.15) is 18.3 Å². The number of aromatic nitrogens is 3. The van der Waals surface area contributed by atoms with Gasteiger partial charge in [0.15, 0.2) is 5.82 Å². The zero-order valence-electron chi connectivity index (χ0n) is 21.1. The van der Waals surface area contributed by atoms with Crippen LogP contribution in [0.25, 0.3) is 11.3 Å². The Labute approximate surface area is 213 Å². The summed E-state index contributed by atoms with van der Waals surface area (Å²) in [5, 5.41) is 9.33. The van der Waals surface area contributed by atoms with Gasteiger partial charge >= 0.3 is 6.18 Å². The summed E-state index contributed by atoms with van der Waals surface area (Å²) >= 11 is 0. The lowest BCUT2D eigenvalue weighted by atomic mass is 9.86. The molecule has 2 fully saturated rings. The van der Waals surface area contributed by atoms with Crippen LogP contribution >= 0.6 is 0 Å². The normalized spacial score (nSPS) is 24.0. The molecule has 1 saturated carbocycles. The van der Waals surface area contributed by atoms with Crippen molar-refractivity contribution in [2.24, 2.45) is 11.8 Å². The van der Waals surface area contributed by atoms with E-state index in [1.54, 1.807) is 6.07 Å². The summed E-state index contributed by atoms with van der Waals surface area (Å²) in [5.74, 6) is -1.01. The second-order valence-electron chi connectivity index (χ2n) is 9.74. The number of rotatable bonds is 5. The first-order chi connectivity index (χ1) is 17.5. The zero-order chi connectivity index (χ0) is 27.2. The van der Waals surface area contributed by atoms with Crippen LogP contribution in [0.3, 0.4) is 0 Å². The molecule has 12 heteroatoms. The Balaban J connectivity index is 0.000000248. The maximum absolute atomic E-state index is 14.0. The second kappa shape index (κ2) is 12.4. The number of carbonyl (C=O) groups is 2. The number of nitrogens with one attached hydrogen (secondary N) is 2. The zero-order valence-corrected chi connectivity index (χ0v) is 21.1. The minimum atomic E-state index is -4.06. The Morgan fingerprint density at radius 2 is 1.86 bits per heavy atom. The average molecular weight is 528 g/mol. The van der Waals surface area contributed by atoms with Crippen molar-refractivity contribution in [2.45, 2.75) is 70.6 Å². The highest BCUT2D eigenvalue weighted by molar-refractivity contribution is 5.93. The number of alkyl halides is 3. The predicted octanol–water partition coefficient (Wildman–Crippen LogP) is 4.73. The van der Waals surface area contributed by atoms with Gasteiger partial charge in [-0.15, -0.1) is 0 Å². The molecule has 1 aliphatic heterocycles. The molecule has 0 radical (unpaired) electrons. The van der Waals surface area contributed by atoms with Crippen molar-refractivity contribution in [3.05, 3.63) is 29.8 Å². The third kappa shape index (κ3) is 7.42. The highest BCUT2D eigenvalue weighted by Crippen LogP contribution is 2.37. The molecule has 1 saturated heterocycles. The van der Waals surface area contributed by atoms with Crippen molar-refractivity contribution in [3.8, 4) is 17.1 Å². The maximum atomic E-state index is 14.0. The van der Waals surface area contributed by atoms with Crippen LogP contribution in [-0.4, -0.2) is 64.3 Å². The number of nitrogens with zero attached hydrogens (tertiary/aromatic N) is 3. The highest BCUT2D eigenvalue weighted by Gasteiger charge is 2.41. The summed E-state index contributed by atoms with van der Waals surface area (Å²) in [6.07, 6.45) is 0.824. The molecule has 2 unspecified atom stereocenters. The summed E-state index contributed by atoms with van der Waals surface area (Å²) in [4.78, 5) is 28.4. The van der Waals surface area contributed by atoms with E-state index in [1.807, 2.05) is 4.90 Å². The van der Waals surface area contributed by atoms with Gasteiger partial charge in [-0.25, -0.2) is 9.37 Å². The number of pyridine rings is 1. The van der Waals surface area contributed by atoms with Gasteiger partial charge in [-0.3, -0.25) is 14.7 Å². The molecule has 8 nitrogen and oxygen atoms in total. The molecule has 2 atom stereocenters. The van der Waals surface area contributed by atoms with E-state index in [4.69, 9.17) is 4.74 Å². The maximum Gasteiger partial charge on any atom is 0.391 e. The van der Waals surface area contributed by atoms with Gasteiger partial charge in [0, 0.05) is 30.3 Å². The molecule has 2 amide bonds. The molecular formula is C25H33F4N5O3. The largest absolute Gasteiger partial charge is 0.481 e. The number of amides is 2. The molecule has 204 valence electrons. The molecule has 0 aromatic carbocycles. The number of ether oxygens (including phenoxy) is 1. The van der Waals surface area contributed by atoms with E-state index in [-0.39, 0.29) is 36.4 Å². The van der Waals surface area contributed by atoms with Crippen LogP contribution in [0.5, 0.6) is 5.88 Å². The number of hydrogen-bond acceptors (Lipinski definition) is 5. The lowest BCUT2D eigenvalue weighted by Gasteiger charge is -2.36. The Morgan fingerprint density at radius 3 is 2.49 bits per heavy atom. The van der Waals surface area contributed by atoms with Crippen LogP contribution in [0.4, 0.5) is 17.6 Å². The van der Waals surface area contributed by atoms with E-state index in [1.165, 1.54) is 13.2 Å². The van der Waals surface area contributed by atoms with Gasteiger partial charge < -0.3 is 15.0 Å². The number of halogens is 4. The number of piperidine rings is 1. The molecule has 0 bridgehead atoms. The van der Waals surface area contributed by atoms with Crippen molar-refractivity contribution in [1.29, 1.82) is 0 Å².